The maximum absolute atomic E-state index is 6.63. The molecular weight excluding hydrogens is 721 g/mol. The van der Waals surface area contributed by atoms with Crippen LogP contribution in [0.3, 0.4) is 0 Å². The minimum atomic E-state index is 0.607. The lowest BCUT2D eigenvalue weighted by atomic mass is 9.89. The Hall–Kier alpha value is -8.02. The van der Waals surface area contributed by atoms with Gasteiger partial charge in [-0.05, 0) is 57.4 Å². The Kier molecular flexibility index (Phi) is 7.47. The zero-order valence-corrected chi connectivity index (χ0v) is 31.7. The van der Waals surface area contributed by atoms with Crippen molar-refractivity contribution in [3.63, 3.8) is 0 Å². The summed E-state index contributed by atoms with van der Waals surface area (Å²) in [7, 11) is 0. The van der Waals surface area contributed by atoms with Crippen molar-refractivity contribution in [1.82, 2.24) is 19.9 Å². The van der Waals surface area contributed by atoms with Gasteiger partial charge in [0.2, 0.25) is 0 Å². The summed E-state index contributed by atoms with van der Waals surface area (Å²) in [6, 6.07) is 67.5. The van der Waals surface area contributed by atoms with Crippen molar-refractivity contribution >= 4 is 65.2 Å². The number of para-hydroxylation sites is 2. The van der Waals surface area contributed by atoms with Crippen molar-refractivity contribution in [2.24, 2.45) is 0 Å². The number of nitrogens with zero attached hydrogens (tertiary/aromatic N) is 4. The lowest BCUT2D eigenvalue weighted by Gasteiger charge is -2.16. The molecule has 0 amide bonds. The molecule has 0 aliphatic heterocycles. The largest absolute Gasteiger partial charge is 0.456 e. The molecule has 0 atom stereocenters. The van der Waals surface area contributed by atoms with Gasteiger partial charge in [0.25, 0.3) is 0 Å². The topological polar surface area (TPSA) is 64.7 Å². The molecule has 59 heavy (non-hydrogen) atoms. The van der Waals surface area contributed by atoms with E-state index in [0.29, 0.717) is 17.5 Å². The number of benzene rings is 9. The van der Waals surface area contributed by atoms with Gasteiger partial charge in [0.05, 0.1) is 11.2 Å². The molecule has 0 aliphatic rings. The van der Waals surface area contributed by atoms with Crippen molar-refractivity contribution in [2.75, 3.05) is 0 Å². The molecule has 0 fully saturated rings. The van der Waals surface area contributed by atoms with Crippen LogP contribution in [0.1, 0.15) is 0 Å². The van der Waals surface area contributed by atoms with E-state index < -0.39 is 0 Å². The number of hydrogen-bond donors (Lipinski definition) is 0. The molecular formula is C54H32N4O. The van der Waals surface area contributed by atoms with Crippen LogP contribution in [-0.2, 0) is 0 Å². The lowest BCUT2D eigenvalue weighted by molar-refractivity contribution is 0.669. The highest BCUT2D eigenvalue weighted by molar-refractivity contribution is 6.27. The van der Waals surface area contributed by atoms with Crippen molar-refractivity contribution in [1.29, 1.82) is 0 Å². The van der Waals surface area contributed by atoms with E-state index in [-0.39, 0.29) is 0 Å². The van der Waals surface area contributed by atoms with E-state index in [4.69, 9.17) is 24.4 Å². The quantitative estimate of drug-likeness (QED) is 0.164. The first kappa shape index (κ1) is 33.2. The fourth-order valence-electron chi connectivity index (χ4n) is 8.63. The monoisotopic (exact) mass is 752 g/mol. The van der Waals surface area contributed by atoms with Crippen molar-refractivity contribution in [3.8, 4) is 56.5 Å². The van der Waals surface area contributed by atoms with Gasteiger partial charge in [-0.15, -0.1) is 0 Å². The first-order valence-electron chi connectivity index (χ1n) is 19.8. The summed E-state index contributed by atoms with van der Waals surface area (Å²) in [5.41, 5.74) is 9.52. The van der Waals surface area contributed by atoms with Crippen LogP contribution >= 0.6 is 0 Å². The number of hydrogen-bond acceptors (Lipinski definition) is 5. The molecule has 12 aromatic rings. The second kappa shape index (κ2) is 13.3. The van der Waals surface area contributed by atoms with Crippen LogP contribution in [0.5, 0.6) is 0 Å². The standard InChI is InChI=1S/C54H32N4O/c1-2-14-36(15-3-1)51-44-32-47-50(43-19-9-11-21-46(43)59-47)48(49(44)42-18-8-10-20-45(42)55-51)35-24-26-37(27-25-35)52-56-53(40-28-22-33-12-4-6-16-38(33)30-40)58-54(57-52)41-29-23-34-13-5-7-17-39(34)31-41/h1-32H. The molecule has 12 rings (SSSR count). The SMILES string of the molecule is c1ccc(-c2nc3ccccc3c3c(-c4ccc(-c5nc(-c6ccc7ccccc7c6)nc(-c6ccc7ccccc7c6)n5)cc4)c4c(cc23)oc2ccccc24)cc1. The Balaban J connectivity index is 1.08. The summed E-state index contributed by atoms with van der Waals surface area (Å²) >= 11 is 0. The molecule has 274 valence electrons. The van der Waals surface area contributed by atoms with Gasteiger partial charge in [0, 0.05) is 54.7 Å². The molecule has 0 radical (unpaired) electrons. The summed E-state index contributed by atoms with van der Waals surface area (Å²) in [5, 5.41) is 10.0. The average molecular weight is 753 g/mol. The van der Waals surface area contributed by atoms with Crippen molar-refractivity contribution in [2.45, 2.75) is 0 Å². The molecule has 0 bridgehead atoms. The highest BCUT2D eigenvalue weighted by atomic mass is 16.3. The molecule has 0 spiro atoms. The number of rotatable bonds is 5. The summed E-state index contributed by atoms with van der Waals surface area (Å²) in [6.07, 6.45) is 0. The van der Waals surface area contributed by atoms with Crippen LogP contribution < -0.4 is 0 Å². The van der Waals surface area contributed by atoms with Gasteiger partial charge in [-0.1, -0.05) is 164 Å². The zero-order valence-electron chi connectivity index (χ0n) is 31.7. The second-order valence-corrected chi connectivity index (χ2v) is 15.0. The Labute approximate surface area is 338 Å². The number of furan rings is 1. The van der Waals surface area contributed by atoms with Gasteiger partial charge in [0.15, 0.2) is 17.5 Å². The van der Waals surface area contributed by atoms with E-state index in [2.05, 4.69) is 176 Å². The minimum Gasteiger partial charge on any atom is -0.456 e. The van der Waals surface area contributed by atoms with Crippen LogP contribution in [0.4, 0.5) is 0 Å². The normalized spacial score (nSPS) is 11.7. The first-order valence-corrected chi connectivity index (χ1v) is 19.8. The lowest BCUT2D eigenvalue weighted by Crippen LogP contribution is -2.00. The molecule has 0 aliphatic carbocycles. The fraction of sp³-hybridized carbons (Fsp3) is 0. The second-order valence-electron chi connectivity index (χ2n) is 15.0. The third-order valence-corrected chi connectivity index (χ3v) is 11.5. The maximum atomic E-state index is 6.63. The van der Waals surface area contributed by atoms with E-state index in [0.717, 1.165) is 93.5 Å². The average Bonchev–Trinajstić information content (AvgIpc) is 3.68. The Morgan fingerprint density at radius 2 is 0.831 bits per heavy atom. The molecule has 9 aromatic carbocycles. The molecule has 0 N–H and O–H groups in total. The van der Waals surface area contributed by atoms with Crippen LogP contribution in [0.2, 0.25) is 0 Å². The van der Waals surface area contributed by atoms with Crippen LogP contribution in [0.15, 0.2) is 199 Å². The third-order valence-electron chi connectivity index (χ3n) is 11.5. The third kappa shape index (κ3) is 5.55. The first-order chi connectivity index (χ1) is 29.2. The van der Waals surface area contributed by atoms with E-state index in [1.807, 2.05) is 18.2 Å². The van der Waals surface area contributed by atoms with Gasteiger partial charge < -0.3 is 4.42 Å². The predicted octanol–water partition coefficient (Wildman–Crippen LogP) is 14.1. The highest BCUT2D eigenvalue weighted by Gasteiger charge is 2.22. The maximum Gasteiger partial charge on any atom is 0.164 e. The van der Waals surface area contributed by atoms with Gasteiger partial charge >= 0.3 is 0 Å². The van der Waals surface area contributed by atoms with Gasteiger partial charge in [0.1, 0.15) is 11.2 Å². The summed E-state index contributed by atoms with van der Waals surface area (Å²) < 4.78 is 6.63. The molecule has 5 heteroatoms. The van der Waals surface area contributed by atoms with Crippen molar-refractivity contribution < 1.29 is 4.42 Å². The molecule has 3 heterocycles. The number of fused-ring (bicyclic) bond motifs is 8. The van der Waals surface area contributed by atoms with Gasteiger partial charge in [-0.25, -0.2) is 19.9 Å². The zero-order chi connectivity index (χ0) is 38.9. The Morgan fingerprint density at radius 3 is 1.51 bits per heavy atom. The van der Waals surface area contributed by atoms with Gasteiger partial charge in [-0.3, -0.25) is 0 Å². The summed E-state index contributed by atoms with van der Waals surface area (Å²) in [6.45, 7) is 0. The molecule has 0 saturated carbocycles. The van der Waals surface area contributed by atoms with Crippen LogP contribution in [0.25, 0.3) is 122 Å². The fourth-order valence-corrected chi connectivity index (χ4v) is 8.63. The minimum absolute atomic E-state index is 0.607. The van der Waals surface area contributed by atoms with Crippen LogP contribution in [0, 0.1) is 0 Å². The smallest absolute Gasteiger partial charge is 0.164 e. The van der Waals surface area contributed by atoms with Crippen molar-refractivity contribution in [3.05, 3.63) is 194 Å². The van der Waals surface area contributed by atoms with Crippen LogP contribution in [-0.4, -0.2) is 19.9 Å². The van der Waals surface area contributed by atoms with E-state index in [9.17, 15) is 0 Å². The Morgan fingerprint density at radius 1 is 0.305 bits per heavy atom. The number of pyridine rings is 1. The highest BCUT2D eigenvalue weighted by Crippen LogP contribution is 2.46. The summed E-state index contributed by atoms with van der Waals surface area (Å²) in [4.78, 5) is 20.6. The molecule has 0 saturated heterocycles. The van der Waals surface area contributed by atoms with E-state index in [1.165, 1.54) is 10.8 Å². The molecule has 0 unspecified atom stereocenters. The molecule has 5 nitrogen and oxygen atoms in total. The predicted molar refractivity (Wildman–Crippen MR) is 242 cm³/mol. The Bertz CT molecular complexity index is 3510. The van der Waals surface area contributed by atoms with Gasteiger partial charge in [-0.2, -0.15) is 0 Å². The van der Waals surface area contributed by atoms with E-state index in [1.54, 1.807) is 0 Å². The van der Waals surface area contributed by atoms with E-state index >= 15 is 0 Å². The molecule has 3 aromatic heterocycles. The summed E-state index contributed by atoms with van der Waals surface area (Å²) in [5.74, 6) is 1.86. The number of aromatic nitrogens is 4.